The smallest absolute Gasteiger partial charge is 0.424 e. The molecular formula is C17H12F3N5O3. The summed E-state index contributed by atoms with van der Waals surface area (Å²) in [6, 6.07) is 8.70. The van der Waals surface area contributed by atoms with Gasteiger partial charge in [-0.2, -0.15) is 0 Å². The van der Waals surface area contributed by atoms with Gasteiger partial charge in [0.25, 0.3) is 0 Å². The predicted molar refractivity (Wildman–Crippen MR) is 89.7 cm³/mol. The van der Waals surface area contributed by atoms with Crippen LogP contribution in [0.2, 0.25) is 0 Å². The number of halogens is 3. The molecule has 0 fully saturated rings. The minimum atomic E-state index is -4.75. The first kappa shape index (κ1) is 17.8. The highest BCUT2D eigenvalue weighted by Gasteiger charge is 2.30. The lowest BCUT2D eigenvalue weighted by atomic mass is 10.1. The molecule has 144 valence electrons. The van der Waals surface area contributed by atoms with Crippen LogP contribution in [0.5, 0.6) is 5.75 Å². The van der Waals surface area contributed by atoms with E-state index >= 15 is 0 Å². The van der Waals surface area contributed by atoms with Crippen molar-refractivity contribution >= 4 is 5.65 Å². The molecule has 1 aromatic carbocycles. The Morgan fingerprint density at radius 3 is 2.43 bits per heavy atom. The van der Waals surface area contributed by atoms with Gasteiger partial charge in [-0.3, -0.25) is 0 Å². The minimum absolute atomic E-state index is 0.0279. The summed E-state index contributed by atoms with van der Waals surface area (Å²) in [6.45, 7) is 1.67. The Bertz CT molecular complexity index is 1190. The van der Waals surface area contributed by atoms with Gasteiger partial charge in [-0.05, 0) is 35.4 Å². The fourth-order valence-corrected chi connectivity index (χ4v) is 2.67. The summed E-state index contributed by atoms with van der Waals surface area (Å²) in [7, 11) is 0. The summed E-state index contributed by atoms with van der Waals surface area (Å²) < 4.78 is 48.4. The third kappa shape index (κ3) is 3.59. The van der Waals surface area contributed by atoms with Crippen LogP contribution in [0.25, 0.3) is 16.8 Å². The first-order chi connectivity index (χ1) is 13.3. The highest BCUT2D eigenvalue weighted by molar-refractivity contribution is 5.65. The van der Waals surface area contributed by atoms with Crippen LogP contribution in [0, 0.1) is 6.92 Å². The van der Waals surface area contributed by atoms with Crippen LogP contribution in [0.4, 0.5) is 13.2 Å². The van der Waals surface area contributed by atoms with E-state index in [2.05, 4.69) is 20.0 Å². The zero-order valence-corrected chi connectivity index (χ0v) is 14.3. The Hall–Kier alpha value is -3.63. The standard InChI is InChI=1S/C17H12F3N5O3/c1-10-21-22-15(27-10)9-25-16(26)24-8-12(4-7-14(24)23-25)11-2-5-13(6-3-11)28-17(18,19)20/h2-8H,9H2,1H3. The average Bonchev–Trinajstić information content (AvgIpc) is 3.18. The van der Waals surface area contributed by atoms with Crippen LogP contribution in [-0.4, -0.2) is 30.7 Å². The summed E-state index contributed by atoms with van der Waals surface area (Å²) in [5.74, 6) is 0.313. The van der Waals surface area contributed by atoms with Crippen molar-refractivity contribution in [3.8, 4) is 16.9 Å². The second kappa shape index (κ2) is 6.51. The van der Waals surface area contributed by atoms with E-state index in [1.54, 1.807) is 25.3 Å². The van der Waals surface area contributed by atoms with Crippen molar-refractivity contribution in [2.24, 2.45) is 0 Å². The maximum absolute atomic E-state index is 12.6. The fraction of sp³-hybridized carbons (Fsp3) is 0.176. The molecule has 8 nitrogen and oxygen atoms in total. The minimum Gasteiger partial charge on any atom is -0.424 e. The van der Waals surface area contributed by atoms with Crippen molar-refractivity contribution in [2.75, 3.05) is 0 Å². The van der Waals surface area contributed by atoms with E-state index < -0.39 is 12.1 Å². The molecule has 28 heavy (non-hydrogen) atoms. The maximum atomic E-state index is 12.6. The lowest BCUT2D eigenvalue weighted by Gasteiger charge is -2.09. The van der Waals surface area contributed by atoms with E-state index in [0.29, 0.717) is 22.7 Å². The van der Waals surface area contributed by atoms with Gasteiger partial charge >= 0.3 is 12.1 Å². The molecule has 0 saturated heterocycles. The number of alkyl halides is 3. The molecule has 3 aromatic heterocycles. The summed E-state index contributed by atoms with van der Waals surface area (Å²) in [5.41, 5.74) is 1.23. The van der Waals surface area contributed by atoms with Crippen molar-refractivity contribution < 1.29 is 22.3 Å². The Balaban J connectivity index is 1.64. The number of pyridine rings is 1. The first-order valence-corrected chi connectivity index (χ1v) is 8.03. The van der Waals surface area contributed by atoms with E-state index in [9.17, 15) is 18.0 Å². The molecule has 0 amide bonds. The molecule has 0 aliphatic heterocycles. The van der Waals surface area contributed by atoms with Gasteiger partial charge in [0.15, 0.2) is 5.65 Å². The molecule has 0 spiro atoms. The van der Waals surface area contributed by atoms with Crippen LogP contribution < -0.4 is 10.4 Å². The molecule has 0 atom stereocenters. The molecule has 0 aliphatic rings. The van der Waals surface area contributed by atoms with Crippen LogP contribution in [0.1, 0.15) is 11.8 Å². The number of aryl methyl sites for hydroxylation is 1. The molecule has 0 radical (unpaired) electrons. The molecule has 3 heterocycles. The zero-order valence-electron chi connectivity index (χ0n) is 14.3. The number of aromatic nitrogens is 5. The summed E-state index contributed by atoms with van der Waals surface area (Å²) in [4.78, 5) is 12.6. The van der Waals surface area contributed by atoms with Crippen LogP contribution in [0.15, 0.2) is 51.8 Å². The summed E-state index contributed by atoms with van der Waals surface area (Å²) in [5, 5.41) is 11.7. The molecule has 11 heteroatoms. The lowest BCUT2D eigenvalue weighted by molar-refractivity contribution is -0.274. The first-order valence-electron chi connectivity index (χ1n) is 8.03. The van der Waals surface area contributed by atoms with Crippen molar-refractivity contribution in [3.05, 3.63) is 64.9 Å². The molecule has 0 unspecified atom stereocenters. The van der Waals surface area contributed by atoms with E-state index in [4.69, 9.17) is 4.42 Å². The van der Waals surface area contributed by atoms with Gasteiger partial charge in [0.05, 0.1) is 0 Å². The number of hydrogen-bond donors (Lipinski definition) is 0. The number of fused-ring (bicyclic) bond motifs is 1. The molecule has 0 bridgehead atoms. The molecule has 0 aliphatic carbocycles. The third-order valence-electron chi connectivity index (χ3n) is 3.85. The van der Waals surface area contributed by atoms with Gasteiger partial charge in [-0.25, -0.2) is 13.9 Å². The topological polar surface area (TPSA) is 87.5 Å². The van der Waals surface area contributed by atoms with Crippen molar-refractivity contribution in [3.63, 3.8) is 0 Å². The van der Waals surface area contributed by atoms with Gasteiger partial charge in [0.1, 0.15) is 12.3 Å². The predicted octanol–water partition coefficient (Wildman–Crippen LogP) is 2.80. The number of ether oxygens (including phenoxy) is 1. The van der Waals surface area contributed by atoms with Gasteiger partial charge in [-0.15, -0.1) is 28.5 Å². The van der Waals surface area contributed by atoms with Gasteiger partial charge in [0, 0.05) is 13.1 Å². The second-order valence-electron chi connectivity index (χ2n) is 5.87. The number of benzene rings is 1. The Kier molecular flexibility index (Phi) is 4.13. The number of rotatable bonds is 4. The van der Waals surface area contributed by atoms with Crippen molar-refractivity contribution in [1.82, 2.24) is 24.4 Å². The zero-order chi connectivity index (χ0) is 19.9. The molecule has 4 rings (SSSR count). The third-order valence-corrected chi connectivity index (χ3v) is 3.85. The van der Waals surface area contributed by atoms with Gasteiger partial charge < -0.3 is 9.15 Å². The highest BCUT2D eigenvalue weighted by atomic mass is 19.4. The Morgan fingerprint density at radius 2 is 1.79 bits per heavy atom. The maximum Gasteiger partial charge on any atom is 0.573 e. The average molecular weight is 391 g/mol. The summed E-state index contributed by atoms with van der Waals surface area (Å²) in [6.07, 6.45) is -3.20. The van der Waals surface area contributed by atoms with E-state index in [1.807, 2.05) is 0 Å². The number of nitrogens with zero attached hydrogens (tertiary/aromatic N) is 5. The van der Waals surface area contributed by atoms with Crippen LogP contribution >= 0.6 is 0 Å². The quantitative estimate of drug-likeness (QED) is 0.532. The van der Waals surface area contributed by atoms with Gasteiger partial charge in [-0.1, -0.05) is 12.1 Å². The van der Waals surface area contributed by atoms with E-state index in [1.165, 1.54) is 33.3 Å². The van der Waals surface area contributed by atoms with Gasteiger partial charge in [0.2, 0.25) is 11.8 Å². The van der Waals surface area contributed by atoms with Crippen molar-refractivity contribution in [2.45, 2.75) is 19.8 Å². The molecule has 0 N–H and O–H groups in total. The van der Waals surface area contributed by atoms with Crippen molar-refractivity contribution in [1.29, 1.82) is 0 Å². The van der Waals surface area contributed by atoms with E-state index in [0.717, 1.165) is 0 Å². The number of hydrogen-bond acceptors (Lipinski definition) is 6. The Labute approximate surface area is 154 Å². The normalized spacial score (nSPS) is 11.9. The molecular weight excluding hydrogens is 379 g/mol. The highest BCUT2D eigenvalue weighted by Crippen LogP contribution is 2.26. The Morgan fingerprint density at radius 1 is 1.07 bits per heavy atom. The van der Waals surface area contributed by atoms with E-state index in [-0.39, 0.29) is 18.2 Å². The lowest BCUT2D eigenvalue weighted by Crippen LogP contribution is -2.21. The van der Waals surface area contributed by atoms with Crippen LogP contribution in [0.3, 0.4) is 0 Å². The SMILES string of the molecule is Cc1nnc(Cn2nc3ccc(-c4ccc(OC(F)(F)F)cc4)cn3c2=O)o1. The summed E-state index contributed by atoms with van der Waals surface area (Å²) >= 11 is 0. The molecule has 4 aromatic rings. The monoisotopic (exact) mass is 391 g/mol. The fourth-order valence-electron chi connectivity index (χ4n) is 2.67. The molecule has 0 saturated carbocycles. The largest absolute Gasteiger partial charge is 0.573 e. The second-order valence-corrected chi connectivity index (χ2v) is 5.87. The van der Waals surface area contributed by atoms with Crippen LogP contribution in [-0.2, 0) is 6.54 Å².